The molecular weight excluding hydrogens is 184 g/mol. The fourth-order valence-electron chi connectivity index (χ4n) is 0.211. The Morgan fingerprint density at radius 1 is 0.778 bits per heavy atom. The van der Waals surface area contributed by atoms with E-state index in [0.717, 1.165) is 0 Å². The van der Waals surface area contributed by atoms with Crippen molar-refractivity contribution in [1.29, 1.82) is 0 Å². The van der Waals surface area contributed by atoms with Crippen LogP contribution < -0.4 is 0 Å². The number of aromatic nitrogens is 4. The molecule has 0 saturated carbocycles. The van der Waals surface area contributed by atoms with E-state index in [1.165, 1.54) is 0 Å². The van der Waals surface area contributed by atoms with E-state index in [1.807, 2.05) is 0 Å². The minimum Gasteiger partial charge on any atom is -0.736 e. The standard InChI is InChI=1S/C2H2N4S2.Ca/c7-1-3-5-2(8)6-4-1;/h(H,3,4,7)(H,5,6,8);/q;+2/p-2. The van der Waals surface area contributed by atoms with Gasteiger partial charge in [-0.1, -0.05) is 0 Å². The zero-order chi connectivity index (χ0) is 5.98. The van der Waals surface area contributed by atoms with Crippen molar-refractivity contribution in [2.45, 2.75) is 10.3 Å². The van der Waals surface area contributed by atoms with Gasteiger partial charge in [-0.2, -0.15) is 20.4 Å². The molecule has 1 heterocycles. The SMILES string of the molecule is [Ca+2].[S-]c1nnc([S-])nn1. The fraction of sp³-hybridized carbons (Fsp3) is 0. The van der Waals surface area contributed by atoms with E-state index in [0.29, 0.717) is 0 Å². The number of rotatable bonds is 0. The normalized spacial score (nSPS) is 8.00. The molecule has 0 spiro atoms. The van der Waals surface area contributed by atoms with E-state index in [9.17, 15) is 0 Å². The molecule has 0 aromatic carbocycles. The predicted molar refractivity (Wildman–Crippen MR) is 34.6 cm³/mol. The van der Waals surface area contributed by atoms with Crippen LogP contribution in [0.2, 0.25) is 0 Å². The van der Waals surface area contributed by atoms with Gasteiger partial charge in [0.25, 0.3) is 0 Å². The molecule has 0 aliphatic carbocycles. The van der Waals surface area contributed by atoms with Crippen LogP contribution in [0, 0.1) is 0 Å². The van der Waals surface area contributed by atoms with Crippen LogP contribution in [0.1, 0.15) is 0 Å². The third-order valence-electron chi connectivity index (χ3n) is 0.442. The Bertz CT molecular complexity index is 155. The van der Waals surface area contributed by atoms with Crippen LogP contribution in [0.4, 0.5) is 0 Å². The van der Waals surface area contributed by atoms with Crippen molar-refractivity contribution < 1.29 is 0 Å². The second-order valence-corrected chi connectivity index (χ2v) is 1.70. The molecule has 0 atom stereocenters. The second-order valence-electron chi connectivity index (χ2n) is 0.965. The van der Waals surface area contributed by atoms with Gasteiger partial charge in [0.1, 0.15) is 0 Å². The average Bonchev–Trinajstić information content (AvgIpc) is 1.77. The Morgan fingerprint density at radius 2 is 1.00 bits per heavy atom. The molecule has 9 heavy (non-hydrogen) atoms. The van der Waals surface area contributed by atoms with E-state index < -0.39 is 0 Å². The summed E-state index contributed by atoms with van der Waals surface area (Å²) in [6, 6.07) is 0. The summed E-state index contributed by atoms with van der Waals surface area (Å²) in [5.74, 6) is 0. The maximum Gasteiger partial charge on any atom is 2.00 e. The summed E-state index contributed by atoms with van der Waals surface area (Å²) in [7, 11) is 0. The number of nitrogens with zero attached hydrogens (tertiary/aromatic N) is 4. The van der Waals surface area contributed by atoms with Crippen molar-refractivity contribution in [2.24, 2.45) is 0 Å². The van der Waals surface area contributed by atoms with Crippen LogP contribution in [0.15, 0.2) is 10.3 Å². The van der Waals surface area contributed by atoms with Gasteiger partial charge in [-0.15, -0.1) is 0 Å². The summed E-state index contributed by atoms with van der Waals surface area (Å²) in [6.45, 7) is 0. The molecule has 0 N–H and O–H groups in total. The summed E-state index contributed by atoms with van der Waals surface area (Å²) in [5.41, 5.74) is 0. The maximum atomic E-state index is 4.48. The van der Waals surface area contributed by atoms with Gasteiger partial charge in [-0.3, -0.25) is 0 Å². The topological polar surface area (TPSA) is 51.6 Å². The minimum atomic E-state index is 0. The molecule has 1 rings (SSSR count). The molecule has 0 aliphatic heterocycles. The molecule has 0 unspecified atom stereocenters. The zero-order valence-electron chi connectivity index (χ0n) is 4.31. The van der Waals surface area contributed by atoms with Crippen LogP contribution in [-0.2, 0) is 25.3 Å². The maximum absolute atomic E-state index is 4.48. The molecule has 0 saturated heterocycles. The van der Waals surface area contributed by atoms with E-state index in [1.54, 1.807) is 0 Å². The number of hydrogen-bond acceptors (Lipinski definition) is 6. The third kappa shape index (κ3) is 3.36. The van der Waals surface area contributed by atoms with Crippen LogP contribution in [0.25, 0.3) is 0 Å². The first-order chi connectivity index (χ1) is 3.79. The van der Waals surface area contributed by atoms with Crippen molar-refractivity contribution >= 4 is 63.0 Å². The molecule has 0 radical (unpaired) electrons. The van der Waals surface area contributed by atoms with E-state index >= 15 is 0 Å². The first-order valence-corrected chi connectivity index (χ1v) is 2.52. The molecule has 0 aliphatic rings. The van der Waals surface area contributed by atoms with Crippen molar-refractivity contribution in [3.8, 4) is 0 Å². The van der Waals surface area contributed by atoms with Crippen LogP contribution in [0.3, 0.4) is 0 Å². The summed E-state index contributed by atoms with van der Waals surface area (Å²) in [5, 5.41) is 13.7. The molecular formula is C2CaN4S2. The molecule has 42 valence electrons. The summed E-state index contributed by atoms with van der Waals surface area (Å²) in [4.78, 5) is 0. The molecule has 0 amide bonds. The molecule has 4 nitrogen and oxygen atoms in total. The Morgan fingerprint density at radius 3 is 1.22 bits per heavy atom. The molecule has 1 aromatic heterocycles. The predicted octanol–water partition coefficient (Wildman–Crippen LogP) is -1.30. The van der Waals surface area contributed by atoms with Crippen molar-refractivity contribution in [3.63, 3.8) is 0 Å². The van der Waals surface area contributed by atoms with Crippen molar-refractivity contribution in [3.05, 3.63) is 0 Å². The fourth-order valence-corrected chi connectivity index (χ4v) is 0.374. The van der Waals surface area contributed by atoms with Gasteiger partial charge in [0.05, 0.1) is 10.3 Å². The van der Waals surface area contributed by atoms with Gasteiger partial charge in [0, 0.05) is 0 Å². The van der Waals surface area contributed by atoms with Gasteiger partial charge < -0.3 is 25.3 Å². The van der Waals surface area contributed by atoms with E-state index in [4.69, 9.17) is 0 Å². The van der Waals surface area contributed by atoms with Crippen molar-refractivity contribution in [1.82, 2.24) is 20.4 Å². The number of hydrogen-bond donors (Lipinski definition) is 0. The Labute approximate surface area is 92.7 Å². The summed E-state index contributed by atoms with van der Waals surface area (Å²) >= 11 is 8.96. The van der Waals surface area contributed by atoms with Gasteiger partial charge in [-0.05, 0) is 0 Å². The Balaban J connectivity index is 0.000000640. The second kappa shape index (κ2) is 4.45. The molecule has 0 fully saturated rings. The molecule has 1 aromatic rings. The summed E-state index contributed by atoms with van der Waals surface area (Å²) in [6.07, 6.45) is 0. The van der Waals surface area contributed by atoms with E-state index in [-0.39, 0.29) is 48.1 Å². The van der Waals surface area contributed by atoms with Crippen LogP contribution in [-0.4, -0.2) is 58.1 Å². The zero-order valence-corrected chi connectivity index (χ0v) is 8.15. The van der Waals surface area contributed by atoms with Gasteiger partial charge >= 0.3 is 37.7 Å². The van der Waals surface area contributed by atoms with Crippen LogP contribution >= 0.6 is 0 Å². The smallest absolute Gasteiger partial charge is 0.736 e. The third-order valence-corrected chi connectivity index (χ3v) is 0.769. The van der Waals surface area contributed by atoms with Gasteiger partial charge in [-0.25, -0.2) is 0 Å². The van der Waals surface area contributed by atoms with Gasteiger partial charge in [0.2, 0.25) is 0 Å². The first kappa shape index (κ1) is 9.64. The van der Waals surface area contributed by atoms with Crippen molar-refractivity contribution in [2.75, 3.05) is 0 Å². The first-order valence-electron chi connectivity index (χ1n) is 1.70. The summed E-state index contributed by atoms with van der Waals surface area (Å²) < 4.78 is 0. The Kier molecular flexibility index (Phi) is 4.77. The molecule has 7 heteroatoms. The monoisotopic (exact) mass is 184 g/mol. The minimum absolute atomic E-state index is 0. The van der Waals surface area contributed by atoms with Gasteiger partial charge in [0.15, 0.2) is 0 Å². The quantitative estimate of drug-likeness (QED) is 0.369. The average molecular weight is 184 g/mol. The van der Waals surface area contributed by atoms with E-state index in [2.05, 4.69) is 45.7 Å². The largest absolute Gasteiger partial charge is 2.00 e. The van der Waals surface area contributed by atoms with Crippen LogP contribution in [0.5, 0.6) is 0 Å². The molecule has 0 bridgehead atoms. The Hall–Kier alpha value is 0.640.